The van der Waals surface area contributed by atoms with Crippen LogP contribution in [0, 0.1) is 5.82 Å². The van der Waals surface area contributed by atoms with Gasteiger partial charge in [-0.2, -0.15) is 0 Å². The molecule has 1 saturated heterocycles. The zero-order chi connectivity index (χ0) is 14.0. The standard InChI is InChI=1S/C13H18FO4P/c1-9(2)19(15)17-7-6-13(18-19)11-8-10(16-3)4-5-12(11)14/h4-5,8-9,13H,6-7H2,1-3H3. The molecule has 1 aliphatic rings. The predicted molar refractivity (Wildman–Crippen MR) is 70.1 cm³/mol. The summed E-state index contributed by atoms with van der Waals surface area (Å²) in [5.74, 6) is 0.161. The Balaban J connectivity index is 2.29. The lowest BCUT2D eigenvalue weighted by Crippen LogP contribution is -2.19. The minimum absolute atomic E-state index is 0.246. The van der Waals surface area contributed by atoms with E-state index in [1.807, 2.05) is 0 Å². The molecule has 4 nitrogen and oxygen atoms in total. The quantitative estimate of drug-likeness (QED) is 0.791. The molecule has 1 aromatic carbocycles. The highest BCUT2D eigenvalue weighted by Gasteiger charge is 2.38. The molecule has 0 N–H and O–H groups in total. The highest BCUT2D eigenvalue weighted by molar-refractivity contribution is 7.54. The summed E-state index contributed by atoms with van der Waals surface area (Å²) in [5.41, 5.74) is 0.118. The molecule has 0 amide bonds. The molecule has 19 heavy (non-hydrogen) atoms. The lowest BCUT2D eigenvalue weighted by atomic mass is 10.1. The average Bonchev–Trinajstić information content (AvgIpc) is 2.39. The predicted octanol–water partition coefficient (Wildman–Crippen LogP) is 3.91. The van der Waals surface area contributed by atoms with E-state index in [0.717, 1.165) is 0 Å². The lowest BCUT2D eigenvalue weighted by Gasteiger charge is -2.32. The Kier molecular flexibility index (Phi) is 4.29. The summed E-state index contributed by atoms with van der Waals surface area (Å²) in [6.07, 6.45) is -0.0852. The molecule has 1 fully saturated rings. The summed E-state index contributed by atoms with van der Waals surface area (Å²) in [5, 5.41) is 0. The van der Waals surface area contributed by atoms with E-state index >= 15 is 0 Å². The molecule has 1 heterocycles. The third kappa shape index (κ3) is 2.99. The topological polar surface area (TPSA) is 44.8 Å². The van der Waals surface area contributed by atoms with Crippen molar-refractivity contribution in [2.24, 2.45) is 0 Å². The van der Waals surface area contributed by atoms with E-state index in [1.54, 1.807) is 26.0 Å². The number of hydrogen-bond acceptors (Lipinski definition) is 4. The molecule has 0 bridgehead atoms. The molecule has 106 valence electrons. The third-order valence-electron chi connectivity index (χ3n) is 3.11. The van der Waals surface area contributed by atoms with Gasteiger partial charge in [-0.05, 0) is 18.2 Å². The second-order valence-corrected chi connectivity index (χ2v) is 7.32. The Morgan fingerprint density at radius 2 is 2.21 bits per heavy atom. The minimum Gasteiger partial charge on any atom is -0.497 e. The molecule has 6 heteroatoms. The van der Waals surface area contributed by atoms with E-state index in [-0.39, 0.29) is 11.5 Å². The van der Waals surface area contributed by atoms with Crippen LogP contribution in [0.5, 0.6) is 5.75 Å². The fourth-order valence-electron chi connectivity index (χ4n) is 1.93. The second-order valence-electron chi connectivity index (χ2n) is 4.74. The largest absolute Gasteiger partial charge is 0.497 e. The first kappa shape index (κ1) is 14.5. The Hall–Kier alpha value is -0.900. The van der Waals surface area contributed by atoms with Gasteiger partial charge in [0.05, 0.1) is 25.5 Å². The molecule has 0 aromatic heterocycles. The first-order valence-corrected chi connectivity index (χ1v) is 7.83. The molecular weight excluding hydrogens is 270 g/mol. The fraction of sp³-hybridized carbons (Fsp3) is 0.538. The van der Waals surface area contributed by atoms with Crippen LogP contribution in [0.2, 0.25) is 0 Å². The van der Waals surface area contributed by atoms with Crippen LogP contribution in [0.15, 0.2) is 18.2 Å². The van der Waals surface area contributed by atoms with Gasteiger partial charge in [0.1, 0.15) is 11.6 Å². The zero-order valence-corrected chi connectivity index (χ0v) is 12.2. The Labute approximate surface area is 112 Å². The molecular formula is C13H18FO4P. The molecule has 1 aliphatic heterocycles. The van der Waals surface area contributed by atoms with Crippen molar-refractivity contribution in [1.29, 1.82) is 0 Å². The second kappa shape index (κ2) is 5.61. The van der Waals surface area contributed by atoms with E-state index < -0.39 is 13.7 Å². The highest BCUT2D eigenvalue weighted by atomic mass is 31.2. The van der Waals surface area contributed by atoms with Crippen LogP contribution in [0.3, 0.4) is 0 Å². The summed E-state index contributed by atoms with van der Waals surface area (Å²) in [6, 6.07) is 4.45. The summed E-state index contributed by atoms with van der Waals surface area (Å²) in [7, 11) is -1.64. The van der Waals surface area contributed by atoms with E-state index in [1.165, 1.54) is 13.2 Å². The molecule has 0 saturated carbocycles. The fourth-order valence-corrected chi connectivity index (χ4v) is 3.46. The van der Waals surface area contributed by atoms with Gasteiger partial charge in [0, 0.05) is 12.0 Å². The molecule has 2 rings (SSSR count). The number of methoxy groups -OCH3 is 1. The van der Waals surface area contributed by atoms with E-state index in [4.69, 9.17) is 13.8 Å². The van der Waals surface area contributed by atoms with Gasteiger partial charge in [-0.25, -0.2) is 4.39 Å². The maximum absolute atomic E-state index is 13.9. The average molecular weight is 288 g/mol. The van der Waals surface area contributed by atoms with Crippen molar-refractivity contribution >= 4 is 7.60 Å². The van der Waals surface area contributed by atoms with Crippen molar-refractivity contribution in [3.8, 4) is 5.75 Å². The lowest BCUT2D eigenvalue weighted by molar-refractivity contribution is 0.0758. The monoisotopic (exact) mass is 288 g/mol. The first-order valence-electron chi connectivity index (χ1n) is 6.22. The first-order chi connectivity index (χ1) is 8.96. The van der Waals surface area contributed by atoms with E-state index in [2.05, 4.69) is 0 Å². The minimum atomic E-state index is -3.16. The van der Waals surface area contributed by atoms with Crippen LogP contribution in [0.1, 0.15) is 31.9 Å². The number of halogens is 1. The summed E-state index contributed by atoms with van der Waals surface area (Å²) in [6.45, 7) is 3.84. The van der Waals surface area contributed by atoms with Crippen LogP contribution >= 0.6 is 7.60 Å². The van der Waals surface area contributed by atoms with Gasteiger partial charge in [0.15, 0.2) is 0 Å². The maximum Gasteiger partial charge on any atom is 0.333 e. The number of hydrogen-bond donors (Lipinski definition) is 0. The van der Waals surface area contributed by atoms with Gasteiger partial charge in [0.25, 0.3) is 0 Å². The maximum atomic E-state index is 13.9. The summed E-state index contributed by atoms with van der Waals surface area (Å²) < 4.78 is 42.1. The zero-order valence-electron chi connectivity index (χ0n) is 11.3. The van der Waals surface area contributed by atoms with Gasteiger partial charge in [-0.15, -0.1) is 0 Å². The molecule has 0 radical (unpaired) electrons. The van der Waals surface area contributed by atoms with Crippen molar-refractivity contribution in [3.05, 3.63) is 29.6 Å². The molecule has 0 spiro atoms. The molecule has 2 atom stereocenters. The number of ether oxygens (including phenoxy) is 1. The molecule has 0 aliphatic carbocycles. The summed E-state index contributed by atoms with van der Waals surface area (Å²) >= 11 is 0. The normalized spacial score (nSPS) is 27.5. The van der Waals surface area contributed by atoms with Gasteiger partial charge in [-0.3, -0.25) is 4.57 Å². The molecule has 1 aromatic rings. The van der Waals surface area contributed by atoms with Gasteiger partial charge < -0.3 is 13.8 Å². The van der Waals surface area contributed by atoms with Crippen molar-refractivity contribution in [1.82, 2.24) is 0 Å². The van der Waals surface area contributed by atoms with E-state index in [0.29, 0.717) is 24.3 Å². The Morgan fingerprint density at radius 3 is 2.84 bits per heavy atom. The smallest absolute Gasteiger partial charge is 0.333 e. The van der Waals surface area contributed by atoms with Gasteiger partial charge >= 0.3 is 7.60 Å². The van der Waals surface area contributed by atoms with Crippen LogP contribution in [-0.4, -0.2) is 19.4 Å². The van der Waals surface area contributed by atoms with Crippen molar-refractivity contribution in [3.63, 3.8) is 0 Å². The Morgan fingerprint density at radius 1 is 1.47 bits per heavy atom. The summed E-state index contributed by atoms with van der Waals surface area (Å²) in [4.78, 5) is 0. The van der Waals surface area contributed by atoms with Crippen LogP contribution in [-0.2, 0) is 13.6 Å². The highest BCUT2D eigenvalue weighted by Crippen LogP contribution is 2.59. The van der Waals surface area contributed by atoms with Crippen LogP contribution < -0.4 is 4.74 Å². The van der Waals surface area contributed by atoms with E-state index in [9.17, 15) is 8.96 Å². The van der Waals surface area contributed by atoms with Gasteiger partial charge in [0.2, 0.25) is 0 Å². The SMILES string of the molecule is COc1ccc(F)c(C2CCOP(=O)(C(C)C)O2)c1. The number of rotatable bonds is 3. The Bertz CT molecular complexity index is 503. The van der Waals surface area contributed by atoms with Crippen molar-refractivity contribution in [2.75, 3.05) is 13.7 Å². The van der Waals surface area contributed by atoms with Crippen LogP contribution in [0.4, 0.5) is 4.39 Å². The third-order valence-corrected chi connectivity index (χ3v) is 5.46. The number of benzene rings is 1. The van der Waals surface area contributed by atoms with Gasteiger partial charge in [-0.1, -0.05) is 13.8 Å². The van der Waals surface area contributed by atoms with Crippen LogP contribution in [0.25, 0.3) is 0 Å². The van der Waals surface area contributed by atoms with Crippen molar-refractivity contribution in [2.45, 2.75) is 32.0 Å². The molecule has 2 unspecified atom stereocenters. The van der Waals surface area contributed by atoms with Crippen molar-refractivity contribution < 1.29 is 22.7 Å².